The van der Waals surface area contributed by atoms with Gasteiger partial charge >= 0.3 is 5.97 Å². The van der Waals surface area contributed by atoms with E-state index in [9.17, 15) is 35.4 Å². The number of aliphatic carboxylic acids is 1. The van der Waals surface area contributed by atoms with E-state index in [1.165, 1.54) is 5.57 Å². The molecule has 1 aliphatic heterocycles. The van der Waals surface area contributed by atoms with E-state index in [4.69, 9.17) is 14.2 Å². The molecule has 6 N–H and O–H groups in total. The van der Waals surface area contributed by atoms with Gasteiger partial charge < -0.3 is 44.8 Å². The summed E-state index contributed by atoms with van der Waals surface area (Å²) >= 11 is 0. The molecule has 10 heteroatoms. The van der Waals surface area contributed by atoms with Gasteiger partial charge in [0.1, 0.15) is 18.3 Å². The maximum atomic E-state index is 13.4. The molecule has 8 rings (SSSR count). The van der Waals surface area contributed by atoms with Crippen molar-refractivity contribution in [3.8, 4) is 0 Å². The van der Waals surface area contributed by atoms with Crippen LogP contribution in [0.15, 0.2) is 42.0 Å². The van der Waals surface area contributed by atoms with Crippen molar-refractivity contribution >= 4 is 5.97 Å². The zero-order chi connectivity index (χ0) is 40.1. The fraction of sp³-hybridized carbons (Fsp3) is 0.804. The van der Waals surface area contributed by atoms with Crippen LogP contribution in [-0.2, 0) is 25.6 Å². The van der Waals surface area contributed by atoms with Crippen molar-refractivity contribution in [3.63, 3.8) is 0 Å². The molecule has 0 bridgehead atoms. The molecule has 10 nitrogen and oxygen atoms in total. The standard InChI is InChI=1S/C46H68O10/c1-40(26-47)17-19-46(39(52)53)20-18-43(4)29(30(46)21-40)13-14-33-41(2)22-32(54-24-28-11-7-6-8-12-28)37(56-38-36(51)35(50)31(49)25-55-38)42(3,27-48)34(41)23-45(44(33,43)5)15-9-10-16-45/h6-8,11-13,30-38,47-51H,9-10,14-27H2,1-5H3,(H,52,53). The van der Waals surface area contributed by atoms with Crippen LogP contribution in [0.25, 0.3) is 0 Å². The van der Waals surface area contributed by atoms with Crippen molar-refractivity contribution in [1.29, 1.82) is 0 Å². The van der Waals surface area contributed by atoms with Crippen LogP contribution in [0.2, 0.25) is 0 Å². The van der Waals surface area contributed by atoms with E-state index >= 15 is 0 Å². The van der Waals surface area contributed by atoms with E-state index in [1.807, 2.05) is 30.3 Å². The van der Waals surface area contributed by atoms with Crippen molar-refractivity contribution in [2.24, 2.45) is 55.7 Å². The number of allylic oxidation sites excluding steroid dienone is 2. The van der Waals surface area contributed by atoms with Crippen LogP contribution in [0, 0.1) is 55.7 Å². The number of aliphatic hydroxyl groups excluding tert-OH is 5. The minimum absolute atomic E-state index is 0.0154. The van der Waals surface area contributed by atoms with Gasteiger partial charge in [-0.25, -0.2) is 0 Å². The van der Waals surface area contributed by atoms with E-state index in [0.717, 1.165) is 56.9 Å². The Labute approximate surface area is 333 Å². The van der Waals surface area contributed by atoms with E-state index < -0.39 is 53.6 Å². The summed E-state index contributed by atoms with van der Waals surface area (Å²) in [5, 5.41) is 65.4. The zero-order valence-electron chi connectivity index (χ0n) is 34.3. The fourth-order valence-electron chi connectivity index (χ4n) is 15.1. The highest BCUT2D eigenvalue weighted by atomic mass is 16.7. The van der Waals surface area contributed by atoms with Gasteiger partial charge in [-0.3, -0.25) is 4.79 Å². The molecule has 6 fully saturated rings. The molecule has 0 amide bonds. The maximum absolute atomic E-state index is 13.4. The molecular weight excluding hydrogens is 712 g/mol. The number of aliphatic hydroxyl groups is 5. The number of carboxylic acid groups (broad SMARTS) is 1. The lowest BCUT2D eigenvalue weighted by molar-refractivity contribution is -0.341. The second kappa shape index (κ2) is 14.1. The van der Waals surface area contributed by atoms with Gasteiger partial charge in [0, 0.05) is 12.0 Å². The molecule has 7 aliphatic rings. The Morgan fingerprint density at radius 3 is 2.20 bits per heavy atom. The first-order valence-corrected chi connectivity index (χ1v) is 21.6. The van der Waals surface area contributed by atoms with Crippen LogP contribution >= 0.6 is 0 Å². The molecule has 1 saturated heterocycles. The molecule has 0 aromatic heterocycles. The minimum Gasteiger partial charge on any atom is -0.481 e. The highest BCUT2D eigenvalue weighted by Gasteiger charge is 2.77. The highest BCUT2D eigenvalue weighted by molar-refractivity contribution is 5.76. The van der Waals surface area contributed by atoms with Gasteiger partial charge in [-0.15, -0.1) is 0 Å². The average molecular weight is 781 g/mol. The van der Waals surface area contributed by atoms with Crippen LogP contribution < -0.4 is 0 Å². The number of fused-ring (bicyclic) bond motifs is 8. The monoisotopic (exact) mass is 780 g/mol. The Kier molecular flexibility index (Phi) is 10.3. The Balaban J connectivity index is 1.24. The summed E-state index contributed by atoms with van der Waals surface area (Å²) in [5.74, 6) is -0.597. The van der Waals surface area contributed by atoms with E-state index in [1.54, 1.807) is 0 Å². The van der Waals surface area contributed by atoms with Crippen LogP contribution in [0.3, 0.4) is 0 Å². The lowest BCUT2D eigenvalue weighted by Crippen LogP contribution is -2.73. The number of rotatable bonds is 8. The van der Waals surface area contributed by atoms with Crippen LogP contribution in [0.4, 0.5) is 0 Å². The van der Waals surface area contributed by atoms with Gasteiger partial charge in [0.25, 0.3) is 0 Å². The quantitative estimate of drug-likeness (QED) is 0.136. The van der Waals surface area contributed by atoms with Gasteiger partial charge in [0.2, 0.25) is 0 Å². The molecule has 6 aliphatic carbocycles. The van der Waals surface area contributed by atoms with Crippen LogP contribution in [-0.4, -0.2) is 93.2 Å². The summed E-state index contributed by atoms with van der Waals surface area (Å²) in [6.45, 7) is 11.8. The summed E-state index contributed by atoms with van der Waals surface area (Å²) in [4.78, 5) is 13.4. The average Bonchev–Trinajstić information content (AvgIpc) is 3.67. The second-order valence-electron chi connectivity index (χ2n) is 20.9. The van der Waals surface area contributed by atoms with Gasteiger partial charge in [-0.05, 0) is 115 Å². The smallest absolute Gasteiger partial charge is 0.310 e. The molecule has 56 heavy (non-hydrogen) atoms. The molecule has 1 spiro atoms. The summed E-state index contributed by atoms with van der Waals surface area (Å²) < 4.78 is 19.6. The zero-order valence-corrected chi connectivity index (χ0v) is 34.3. The third kappa shape index (κ3) is 5.66. The normalized spacial score (nSPS) is 49.6. The number of hydrogen-bond acceptors (Lipinski definition) is 9. The third-order valence-electron chi connectivity index (χ3n) is 18.5. The van der Waals surface area contributed by atoms with Crippen LogP contribution in [0.5, 0.6) is 0 Å². The summed E-state index contributed by atoms with van der Waals surface area (Å²) in [6, 6.07) is 10.0. The van der Waals surface area contributed by atoms with Gasteiger partial charge in [0.15, 0.2) is 6.29 Å². The summed E-state index contributed by atoms with van der Waals surface area (Å²) in [5.41, 5.74) is -0.437. The first-order valence-electron chi connectivity index (χ1n) is 21.6. The second-order valence-corrected chi connectivity index (χ2v) is 20.9. The third-order valence-corrected chi connectivity index (χ3v) is 18.5. The van der Waals surface area contributed by atoms with Gasteiger partial charge in [-0.2, -0.15) is 0 Å². The van der Waals surface area contributed by atoms with Crippen molar-refractivity contribution in [3.05, 3.63) is 47.5 Å². The number of carboxylic acids is 1. The summed E-state index contributed by atoms with van der Waals surface area (Å²) in [6.07, 6.45) is 6.14. The largest absolute Gasteiger partial charge is 0.481 e. The van der Waals surface area contributed by atoms with Crippen molar-refractivity contribution < 1.29 is 49.6 Å². The van der Waals surface area contributed by atoms with E-state index in [-0.39, 0.29) is 64.6 Å². The Morgan fingerprint density at radius 2 is 1.54 bits per heavy atom. The summed E-state index contributed by atoms with van der Waals surface area (Å²) in [7, 11) is 0. The molecule has 15 unspecified atom stereocenters. The predicted molar refractivity (Wildman–Crippen MR) is 209 cm³/mol. The number of ether oxygens (including phenoxy) is 3. The molecule has 15 atom stereocenters. The number of hydrogen-bond donors (Lipinski definition) is 6. The lowest BCUT2D eigenvalue weighted by atomic mass is 9.28. The topological polar surface area (TPSA) is 166 Å². The van der Waals surface area contributed by atoms with Crippen LogP contribution in [0.1, 0.15) is 117 Å². The fourth-order valence-corrected chi connectivity index (χ4v) is 15.1. The highest BCUT2D eigenvalue weighted by Crippen LogP contribution is 2.82. The van der Waals surface area contributed by atoms with Gasteiger partial charge in [-0.1, -0.05) is 89.4 Å². The van der Waals surface area contributed by atoms with Crippen molar-refractivity contribution in [2.75, 3.05) is 19.8 Å². The molecule has 0 radical (unpaired) electrons. The maximum Gasteiger partial charge on any atom is 0.310 e. The van der Waals surface area contributed by atoms with Crippen molar-refractivity contribution in [2.45, 2.75) is 155 Å². The number of carbonyl (C=O) groups is 1. The SMILES string of the molecule is CC1(CO)CCC2(C(=O)O)CCC3(C)C(=CCC4C5(C)CC(OCc6ccccc6)C(OC6OCC(O)C(O)C6O)C(C)(CO)C5CC5(CCCC5)C43C)C2C1. The predicted octanol–water partition coefficient (Wildman–Crippen LogP) is 6.01. The molecule has 5 saturated carbocycles. The molecular formula is C46H68O10. The Hall–Kier alpha value is -1.89. The van der Waals surface area contributed by atoms with Crippen molar-refractivity contribution in [1.82, 2.24) is 0 Å². The van der Waals surface area contributed by atoms with Gasteiger partial charge in [0.05, 0.1) is 37.4 Å². The first kappa shape index (κ1) is 40.9. The number of benzene rings is 1. The molecule has 1 aromatic rings. The molecule has 1 aromatic carbocycles. The first-order chi connectivity index (χ1) is 26.5. The lowest BCUT2D eigenvalue weighted by Gasteiger charge is -2.77. The Bertz CT molecular complexity index is 1660. The van der Waals surface area contributed by atoms with E-state index in [0.29, 0.717) is 32.3 Å². The Morgan fingerprint density at radius 1 is 0.839 bits per heavy atom. The molecule has 1 heterocycles. The van der Waals surface area contributed by atoms with E-state index in [2.05, 4.69) is 40.7 Å². The minimum atomic E-state index is -1.47. The molecule has 312 valence electrons.